The van der Waals surface area contributed by atoms with Gasteiger partial charge in [-0.25, -0.2) is 0 Å². The Bertz CT molecular complexity index is 548. The van der Waals surface area contributed by atoms with Gasteiger partial charge in [-0.2, -0.15) is 0 Å². The predicted molar refractivity (Wildman–Crippen MR) is 148 cm³/mol. The molecule has 0 amide bonds. The number of hydrogen-bond donors (Lipinski definition) is 2. The summed E-state index contributed by atoms with van der Waals surface area (Å²) in [6.07, 6.45) is 16.4. The van der Waals surface area contributed by atoms with Gasteiger partial charge < -0.3 is 14.6 Å². The van der Waals surface area contributed by atoms with Crippen LogP contribution < -0.4 is 5.32 Å². The number of hydrogen-bond acceptors (Lipinski definition) is 3. The molecule has 0 aromatic rings. The lowest BCUT2D eigenvalue weighted by Gasteiger charge is -2.44. The van der Waals surface area contributed by atoms with Gasteiger partial charge in [0.25, 0.3) is 0 Å². The quantitative estimate of drug-likeness (QED) is 0.356. The highest BCUT2D eigenvalue weighted by Crippen LogP contribution is 2.54. The van der Waals surface area contributed by atoms with E-state index in [2.05, 4.69) is 58.5 Å². The molecule has 192 valence electrons. The van der Waals surface area contributed by atoms with Crippen molar-refractivity contribution >= 4 is 21.9 Å². The van der Waals surface area contributed by atoms with Gasteiger partial charge in [-0.3, -0.25) is 0 Å². The molecule has 1 saturated carbocycles. The fourth-order valence-electron chi connectivity index (χ4n) is 3.60. The highest BCUT2D eigenvalue weighted by atomic mass is 35.5. The van der Waals surface area contributed by atoms with Crippen molar-refractivity contribution < 1.29 is 9.29 Å². The van der Waals surface area contributed by atoms with E-state index in [0.29, 0.717) is 5.92 Å². The van der Waals surface area contributed by atoms with Crippen molar-refractivity contribution in [3.8, 4) is 0 Å². The number of allylic oxidation sites excluding steroid dienone is 4. The third kappa shape index (κ3) is 13.6. The maximum Gasteiger partial charge on any atom is 0.0621 e. The summed E-state index contributed by atoms with van der Waals surface area (Å²) in [4.78, 5) is 0. The molecule has 1 saturated heterocycles. The Hall–Kier alpha value is -0.0000000000000000208. The van der Waals surface area contributed by atoms with Crippen molar-refractivity contribution in [3.05, 3.63) is 22.8 Å². The zero-order valence-electron chi connectivity index (χ0n) is 22.6. The Morgan fingerprint density at radius 3 is 2.12 bits per heavy atom. The lowest BCUT2D eigenvalue weighted by Crippen LogP contribution is -2.27. The van der Waals surface area contributed by atoms with E-state index in [1.807, 2.05) is 19.9 Å². The Kier molecular flexibility index (Phi) is 16.6. The normalized spacial score (nSPS) is 23.7. The summed E-state index contributed by atoms with van der Waals surface area (Å²) >= 11 is 5.96. The molecule has 0 aromatic carbocycles. The zero-order valence-corrected chi connectivity index (χ0v) is 24.2. The molecular formula is C27H54ClNO2S. The van der Waals surface area contributed by atoms with Gasteiger partial charge in [0, 0.05) is 9.78 Å². The molecule has 0 radical (unpaired) electrons. The van der Waals surface area contributed by atoms with Crippen molar-refractivity contribution in [1.82, 2.24) is 5.32 Å². The van der Waals surface area contributed by atoms with E-state index >= 15 is 0 Å². The van der Waals surface area contributed by atoms with Crippen LogP contribution in [0.5, 0.6) is 0 Å². The molecular weight excluding hydrogens is 438 g/mol. The van der Waals surface area contributed by atoms with Crippen molar-refractivity contribution in [2.24, 2.45) is 11.8 Å². The van der Waals surface area contributed by atoms with Crippen molar-refractivity contribution in [3.63, 3.8) is 0 Å². The van der Waals surface area contributed by atoms with Crippen LogP contribution in [0.15, 0.2) is 22.8 Å². The number of nitrogens with one attached hydrogen (secondary N) is 1. The molecule has 2 N–H and O–H groups in total. The molecule has 2 rings (SSSR count). The van der Waals surface area contributed by atoms with Crippen LogP contribution >= 0.6 is 21.9 Å². The molecule has 1 heterocycles. The van der Waals surface area contributed by atoms with E-state index in [4.69, 9.17) is 15.8 Å². The maximum absolute atomic E-state index is 9.44. The summed E-state index contributed by atoms with van der Waals surface area (Å²) in [5.41, 5.74) is 1.45. The molecule has 0 bridgehead atoms. The van der Waals surface area contributed by atoms with Crippen LogP contribution in [0.25, 0.3) is 0 Å². The summed E-state index contributed by atoms with van der Waals surface area (Å²) in [5.74, 6) is 1.45. The third-order valence-corrected chi connectivity index (χ3v) is 10.6. The number of rotatable bonds is 7. The second-order valence-corrected chi connectivity index (χ2v) is 14.8. The summed E-state index contributed by atoms with van der Waals surface area (Å²) in [7, 11) is -0.984. The van der Waals surface area contributed by atoms with Gasteiger partial charge >= 0.3 is 0 Å². The van der Waals surface area contributed by atoms with Crippen LogP contribution in [0.4, 0.5) is 0 Å². The van der Waals surface area contributed by atoms with Gasteiger partial charge in [-0.05, 0) is 95.4 Å². The lowest BCUT2D eigenvalue weighted by atomic mass is 9.91. The third-order valence-electron chi connectivity index (χ3n) is 6.54. The maximum atomic E-state index is 9.44. The molecule has 1 aliphatic carbocycles. The summed E-state index contributed by atoms with van der Waals surface area (Å²) < 4.78 is 6.34. The molecule has 5 heteroatoms. The van der Waals surface area contributed by atoms with Crippen molar-refractivity contribution in [2.75, 3.05) is 32.2 Å². The van der Waals surface area contributed by atoms with E-state index in [9.17, 15) is 5.11 Å². The summed E-state index contributed by atoms with van der Waals surface area (Å²) in [6, 6.07) is 0. The van der Waals surface area contributed by atoms with E-state index in [1.54, 1.807) is 0 Å². The van der Waals surface area contributed by atoms with E-state index < -0.39 is 10.3 Å². The van der Waals surface area contributed by atoms with Gasteiger partial charge in [0.2, 0.25) is 0 Å². The minimum Gasteiger partial charge on any atom is -0.393 e. The molecule has 3 nitrogen and oxygen atoms in total. The summed E-state index contributed by atoms with van der Waals surface area (Å²) in [5, 5.41) is 13.8. The Balaban J connectivity index is 0.000000557. The van der Waals surface area contributed by atoms with Gasteiger partial charge in [-0.15, -0.1) is 10.3 Å². The SMILES string of the molecule is CC.CC(C)(C)S(C)(C)OCC1CCC(O)C1.CC/C(Cl)=C\C=C(/C)CC1CCNCC1. The average molecular weight is 492 g/mol. The zero-order chi connectivity index (χ0) is 24.8. The summed E-state index contributed by atoms with van der Waals surface area (Å²) in [6.45, 7) is 18.2. The molecule has 0 spiro atoms. The van der Waals surface area contributed by atoms with Gasteiger partial charge in [0.05, 0.1) is 12.7 Å². The highest BCUT2D eigenvalue weighted by Gasteiger charge is 2.31. The molecule has 2 fully saturated rings. The van der Waals surface area contributed by atoms with Crippen molar-refractivity contribution in [2.45, 2.75) is 104 Å². The fourth-order valence-corrected chi connectivity index (χ4v) is 4.55. The van der Waals surface area contributed by atoms with Crippen LogP contribution in [0.3, 0.4) is 0 Å². The smallest absolute Gasteiger partial charge is 0.0621 e. The fraction of sp³-hybridized carbons (Fsp3) is 0.852. The predicted octanol–water partition coefficient (Wildman–Crippen LogP) is 7.82. The molecule has 0 aromatic heterocycles. The highest BCUT2D eigenvalue weighted by molar-refractivity contribution is 8.29. The minimum absolute atomic E-state index is 0.0775. The van der Waals surface area contributed by atoms with Crippen LogP contribution in [0, 0.1) is 11.8 Å². The van der Waals surface area contributed by atoms with Crippen LogP contribution in [-0.4, -0.2) is 48.2 Å². The first-order valence-corrected chi connectivity index (χ1v) is 15.5. The molecule has 32 heavy (non-hydrogen) atoms. The second-order valence-electron chi connectivity index (χ2n) is 10.3. The first kappa shape index (κ1) is 32.0. The number of piperidine rings is 1. The topological polar surface area (TPSA) is 41.5 Å². The van der Waals surface area contributed by atoms with E-state index in [1.165, 1.54) is 37.9 Å². The molecule has 2 aliphatic rings. The lowest BCUT2D eigenvalue weighted by molar-refractivity contribution is 0.170. The van der Waals surface area contributed by atoms with Crippen molar-refractivity contribution in [1.29, 1.82) is 0 Å². The Labute approximate surface area is 207 Å². The number of aliphatic hydroxyl groups excluding tert-OH is 1. The van der Waals surface area contributed by atoms with Crippen LogP contribution in [0.1, 0.15) is 93.4 Å². The van der Waals surface area contributed by atoms with Crippen LogP contribution in [0.2, 0.25) is 0 Å². The van der Waals surface area contributed by atoms with Gasteiger partial charge in [-0.1, -0.05) is 64.8 Å². The number of halogens is 1. The van der Waals surface area contributed by atoms with Crippen LogP contribution in [-0.2, 0) is 4.18 Å². The standard InChI is InChI=1S/C13H22ClN.C12H26O2S.C2H6/c1-3-13(14)5-4-11(2)10-12-6-8-15-9-7-12;1-12(2,3)15(4,5)14-9-10-6-7-11(13)8-10;1-2/h4-5,12,15H,3,6-10H2,1-2H3;10-11,13H,6-9H2,1-5H3;1-2H3/b11-4+,13-5+;;. The van der Waals surface area contributed by atoms with Gasteiger partial charge in [0.15, 0.2) is 0 Å². The Morgan fingerprint density at radius 2 is 1.66 bits per heavy atom. The minimum atomic E-state index is -0.984. The van der Waals surface area contributed by atoms with E-state index in [0.717, 1.165) is 43.2 Å². The molecule has 1 aliphatic heterocycles. The first-order valence-electron chi connectivity index (χ1n) is 12.7. The molecule has 2 unspecified atom stereocenters. The van der Waals surface area contributed by atoms with E-state index in [-0.39, 0.29) is 10.9 Å². The molecule has 2 atom stereocenters. The first-order chi connectivity index (χ1) is 14.9. The van der Waals surface area contributed by atoms with Gasteiger partial charge in [0.1, 0.15) is 0 Å². The Morgan fingerprint density at radius 1 is 1.06 bits per heavy atom. The monoisotopic (exact) mass is 491 g/mol. The number of aliphatic hydroxyl groups is 1. The average Bonchev–Trinajstić information content (AvgIpc) is 3.17. The largest absolute Gasteiger partial charge is 0.393 e. The second kappa shape index (κ2) is 16.6.